The van der Waals surface area contributed by atoms with Gasteiger partial charge in [-0.15, -0.1) is 0 Å². The molecule has 74 valence electrons. The molecule has 0 aromatic heterocycles. The summed E-state index contributed by atoms with van der Waals surface area (Å²) in [4.78, 5) is 0. The van der Waals surface area contributed by atoms with E-state index in [1.807, 2.05) is 31.2 Å². The Bertz CT molecular complexity index is 313. The molecule has 0 amide bonds. The average molecular weight is 190 g/mol. The van der Waals surface area contributed by atoms with Crippen LogP contribution in [-0.4, -0.2) is 6.10 Å². The van der Waals surface area contributed by atoms with Crippen LogP contribution in [0.2, 0.25) is 0 Å². The minimum atomic E-state index is -0.362. The lowest BCUT2D eigenvalue weighted by Crippen LogP contribution is -2.12. The Morgan fingerprint density at radius 3 is 2.50 bits per heavy atom. The van der Waals surface area contributed by atoms with Crippen LogP contribution in [-0.2, 0) is 6.54 Å². The second kappa shape index (κ2) is 5.25. The van der Waals surface area contributed by atoms with E-state index in [-0.39, 0.29) is 6.10 Å². The normalized spacial score (nSPS) is 11.8. The molecule has 1 unspecified atom stereocenters. The first-order chi connectivity index (χ1) is 6.80. The summed E-state index contributed by atoms with van der Waals surface area (Å²) in [5.41, 5.74) is 6.52. The van der Waals surface area contributed by atoms with Gasteiger partial charge >= 0.3 is 0 Å². The summed E-state index contributed by atoms with van der Waals surface area (Å²) >= 11 is 0. The number of hydrogen-bond donors (Lipinski definition) is 1. The summed E-state index contributed by atoms with van der Waals surface area (Å²) in [6.07, 6.45) is 0.327. The van der Waals surface area contributed by atoms with Gasteiger partial charge < -0.3 is 10.5 Å². The van der Waals surface area contributed by atoms with Crippen LogP contribution in [0.3, 0.4) is 0 Å². The highest BCUT2D eigenvalue weighted by Crippen LogP contribution is 2.14. The third-order valence-corrected chi connectivity index (χ3v) is 1.95. The topological polar surface area (TPSA) is 59.0 Å². The highest BCUT2D eigenvalue weighted by Gasteiger charge is 2.04. The number of nitriles is 1. The highest BCUT2D eigenvalue weighted by atomic mass is 16.5. The molecule has 1 atom stereocenters. The zero-order valence-electron chi connectivity index (χ0n) is 8.23. The monoisotopic (exact) mass is 190 g/mol. The van der Waals surface area contributed by atoms with Gasteiger partial charge in [-0.25, -0.2) is 0 Å². The summed E-state index contributed by atoms with van der Waals surface area (Å²) in [5.74, 6) is 0.718. The quantitative estimate of drug-likeness (QED) is 0.787. The number of nitrogens with zero attached hydrogens (tertiary/aromatic N) is 1. The summed E-state index contributed by atoms with van der Waals surface area (Å²) in [7, 11) is 0. The predicted molar refractivity (Wildman–Crippen MR) is 54.7 cm³/mol. The molecule has 1 aromatic rings. The highest BCUT2D eigenvalue weighted by molar-refractivity contribution is 5.27. The van der Waals surface area contributed by atoms with Crippen LogP contribution in [0.5, 0.6) is 5.75 Å². The molecule has 2 N–H and O–H groups in total. The molecule has 0 aliphatic rings. The molecule has 3 nitrogen and oxygen atoms in total. The zero-order valence-corrected chi connectivity index (χ0v) is 8.23. The van der Waals surface area contributed by atoms with Gasteiger partial charge in [0.1, 0.15) is 11.8 Å². The number of hydrogen-bond acceptors (Lipinski definition) is 3. The molecule has 0 bridgehead atoms. The van der Waals surface area contributed by atoms with Crippen molar-refractivity contribution in [2.75, 3.05) is 0 Å². The first-order valence-corrected chi connectivity index (χ1v) is 4.65. The summed E-state index contributed by atoms with van der Waals surface area (Å²) in [5, 5.41) is 8.69. The fourth-order valence-corrected chi connectivity index (χ4v) is 1.07. The van der Waals surface area contributed by atoms with Crippen molar-refractivity contribution in [1.29, 1.82) is 5.26 Å². The lowest BCUT2D eigenvalue weighted by Gasteiger charge is -2.10. The van der Waals surface area contributed by atoms with Gasteiger partial charge in [0, 0.05) is 6.54 Å². The van der Waals surface area contributed by atoms with E-state index in [9.17, 15) is 0 Å². The van der Waals surface area contributed by atoms with Crippen LogP contribution in [0.25, 0.3) is 0 Å². The largest absolute Gasteiger partial charge is 0.476 e. The molecular weight excluding hydrogens is 176 g/mol. The van der Waals surface area contributed by atoms with E-state index < -0.39 is 0 Å². The Labute approximate surface area is 84.1 Å². The maximum atomic E-state index is 8.69. The van der Waals surface area contributed by atoms with Gasteiger partial charge in [-0.2, -0.15) is 5.26 Å². The van der Waals surface area contributed by atoms with Crippen LogP contribution in [0.1, 0.15) is 18.9 Å². The minimum Gasteiger partial charge on any atom is -0.476 e. The molecular formula is C11H14N2O. The van der Waals surface area contributed by atoms with Crippen LogP contribution in [0.15, 0.2) is 24.3 Å². The van der Waals surface area contributed by atoms with Crippen molar-refractivity contribution in [3.63, 3.8) is 0 Å². The molecule has 0 spiro atoms. The molecule has 0 saturated carbocycles. The van der Waals surface area contributed by atoms with Crippen molar-refractivity contribution in [3.8, 4) is 11.8 Å². The molecule has 0 fully saturated rings. The molecule has 0 radical (unpaired) electrons. The van der Waals surface area contributed by atoms with Crippen LogP contribution in [0.4, 0.5) is 0 Å². The second-order valence-electron chi connectivity index (χ2n) is 2.99. The van der Waals surface area contributed by atoms with Crippen molar-refractivity contribution in [2.24, 2.45) is 5.73 Å². The third-order valence-electron chi connectivity index (χ3n) is 1.95. The Balaban J connectivity index is 2.64. The Morgan fingerprint density at radius 2 is 2.07 bits per heavy atom. The summed E-state index contributed by atoms with van der Waals surface area (Å²) in [6, 6.07) is 9.56. The fourth-order valence-electron chi connectivity index (χ4n) is 1.07. The van der Waals surface area contributed by atoms with E-state index in [2.05, 4.69) is 6.07 Å². The van der Waals surface area contributed by atoms with E-state index in [1.54, 1.807) is 0 Å². The van der Waals surface area contributed by atoms with E-state index >= 15 is 0 Å². The van der Waals surface area contributed by atoms with Crippen LogP contribution in [0, 0.1) is 11.3 Å². The fraction of sp³-hybridized carbons (Fsp3) is 0.364. The number of rotatable bonds is 4. The molecule has 1 rings (SSSR count). The average Bonchev–Trinajstić information content (AvgIpc) is 2.26. The number of ether oxygens (including phenoxy) is 1. The molecule has 0 heterocycles. The number of benzene rings is 1. The Kier molecular flexibility index (Phi) is 3.96. The summed E-state index contributed by atoms with van der Waals surface area (Å²) in [6.45, 7) is 2.44. The first-order valence-electron chi connectivity index (χ1n) is 4.65. The van der Waals surface area contributed by atoms with E-state index in [1.165, 1.54) is 0 Å². The predicted octanol–water partition coefficient (Wildman–Crippen LogP) is 1.83. The first kappa shape index (κ1) is 10.6. The third kappa shape index (κ3) is 2.75. The van der Waals surface area contributed by atoms with Gasteiger partial charge in [-0.3, -0.25) is 0 Å². The van der Waals surface area contributed by atoms with E-state index in [4.69, 9.17) is 15.7 Å². The lowest BCUT2D eigenvalue weighted by atomic mass is 10.2. The lowest BCUT2D eigenvalue weighted by molar-refractivity contribution is 0.252. The Hall–Kier alpha value is -1.53. The van der Waals surface area contributed by atoms with Crippen molar-refractivity contribution in [3.05, 3.63) is 29.8 Å². The van der Waals surface area contributed by atoms with Crippen molar-refractivity contribution in [2.45, 2.75) is 26.0 Å². The van der Waals surface area contributed by atoms with Crippen molar-refractivity contribution < 1.29 is 4.74 Å². The van der Waals surface area contributed by atoms with Gasteiger partial charge in [0.15, 0.2) is 6.10 Å². The zero-order chi connectivity index (χ0) is 10.4. The van der Waals surface area contributed by atoms with Gasteiger partial charge in [0.25, 0.3) is 0 Å². The summed E-state index contributed by atoms with van der Waals surface area (Å²) < 4.78 is 5.41. The van der Waals surface area contributed by atoms with Gasteiger partial charge in [0.05, 0.1) is 0 Å². The van der Waals surface area contributed by atoms with E-state index in [0.717, 1.165) is 11.3 Å². The van der Waals surface area contributed by atoms with Crippen molar-refractivity contribution >= 4 is 0 Å². The molecule has 3 heteroatoms. The molecule has 14 heavy (non-hydrogen) atoms. The van der Waals surface area contributed by atoms with Gasteiger partial charge in [-0.05, 0) is 24.1 Å². The van der Waals surface area contributed by atoms with Crippen LogP contribution < -0.4 is 10.5 Å². The van der Waals surface area contributed by atoms with Gasteiger partial charge in [-0.1, -0.05) is 19.1 Å². The van der Waals surface area contributed by atoms with Crippen molar-refractivity contribution in [1.82, 2.24) is 0 Å². The van der Waals surface area contributed by atoms with Gasteiger partial charge in [0.2, 0.25) is 0 Å². The smallest absolute Gasteiger partial charge is 0.184 e. The molecule has 0 aliphatic heterocycles. The molecule has 0 saturated heterocycles. The van der Waals surface area contributed by atoms with Crippen LogP contribution >= 0.6 is 0 Å². The Morgan fingerprint density at radius 1 is 1.43 bits per heavy atom. The standard InChI is InChI=1S/C11H14N2O/c1-2-10(8-13)14-11-5-3-9(7-12)4-6-11/h3-6,10H,2,7,12H2,1H3. The molecule has 1 aromatic carbocycles. The maximum absolute atomic E-state index is 8.69. The maximum Gasteiger partial charge on any atom is 0.184 e. The minimum absolute atomic E-state index is 0.362. The van der Waals surface area contributed by atoms with E-state index in [0.29, 0.717) is 13.0 Å². The SMILES string of the molecule is CCC(C#N)Oc1ccc(CN)cc1. The number of nitrogens with two attached hydrogens (primary N) is 1. The second-order valence-corrected chi connectivity index (χ2v) is 2.99. The molecule has 0 aliphatic carbocycles.